The number of esters is 1. The van der Waals surface area contributed by atoms with Crippen molar-refractivity contribution in [1.82, 2.24) is 0 Å². The Bertz CT molecular complexity index is 425. The van der Waals surface area contributed by atoms with E-state index in [-0.39, 0.29) is 19.2 Å². The first-order chi connectivity index (χ1) is 11.1. The number of rotatable bonds is 12. The molecule has 138 valence electrons. The molecule has 0 amide bonds. The molecule has 6 heteroatoms. The molecule has 0 unspecified atom stereocenters. The molecule has 0 saturated carbocycles. The van der Waals surface area contributed by atoms with Crippen LogP contribution in [-0.4, -0.2) is 43.1 Å². The van der Waals surface area contributed by atoms with E-state index in [1.54, 1.807) is 19.9 Å². The van der Waals surface area contributed by atoms with Crippen LogP contribution in [0.25, 0.3) is 0 Å². The topological polar surface area (TPSA) is 71.1 Å². The van der Waals surface area contributed by atoms with Gasteiger partial charge in [-0.05, 0) is 34.1 Å². The van der Waals surface area contributed by atoms with E-state index >= 15 is 0 Å². The molecule has 0 rings (SSSR count). The van der Waals surface area contributed by atoms with Gasteiger partial charge >= 0.3 is 12.1 Å². The van der Waals surface area contributed by atoms with Crippen LogP contribution in [0.2, 0.25) is 0 Å². The monoisotopic (exact) mass is 342 g/mol. The lowest BCUT2D eigenvalue weighted by molar-refractivity contribution is -0.154. The summed E-state index contributed by atoms with van der Waals surface area (Å²) in [7, 11) is 0. The summed E-state index contributed by atoms with van der Waals surface area (Å²) in [6.45, 7) is 14.8. The first-order valence-corrected chi connectivity index (χ1v) is 7.99. The van der Waals surface area contributed by atoms with Crippen molar-refractivity contribution < 1.29 is 28.5 Å². The maximum Gasteiger partial charge on any atom is 0.509 e. The zero-order chi connectivity index (χ0) is 18.6. The lowest BCUT2D eigenvalue weighted by atomic mass is 10.1. The number of allylic oxidation sites excluding steroid dienone is 1. The van der Waals surface area contributed by atoms with Gasteiger partial charge in [0.1, 0.15) is 18.8 Å². The van der Waals surface area contributed by atoms with Gasteiger partial charge in [-0.3, -0.25) is 4.79 Å². The normalized spacial score (nSPS) is 11.5. The van der Waals surface area contributed by atoms with Crippen LogP contribution in [0.3, 0.4) is 0 Å². The fourth-order valence-electron chi connectivity index (χ4n) is 1.59. The Hall–Kier alpha value is -1.82. The van der Waals surface area contributed by atoms with Gasteiger partial charge in [0.2, 0.25) is 0 Å². The summed E-state index contributed by atoms with van der Waals surface area (Å²) in [5.41, 5.74) is -1.35. The number of hydrogen-bond donors (Lipinski definition) is 0. The predicted octanol–water partition coefficient (Wildman–Crippen LogP) is 3.80. The van der Waals surface area contributed by atoms with E-state index in [0.29, 0.717) is 25.9 Å². The first kappa shape index (κ1) is 22.2. The van der Waals surface area contributed by atoms with E-state index in [0.717, 1.165) is 0 Å². The van der Waals surface area contributed by atoms with E-state index in [9.17, 15) is 9.59 Å². The Morgan fingerprint density at radius 1 is 1.00 bits per heavy atom. The molecule has 0 radical (unpaired) electrons. The third-order valence-electron chi connectivity index (χ3n) is 3.01. The van der Waals surface area contributed by atoms with Crippen molar-refractivity contribution in [2.24, 2.45) is 0 Å². The molecule has 0 aliphatic heterocycles. The van der Waals surface area contributed by atoms with Crippen LogP contribution in [0, 0.1) is 0 Å². The zero-order valence-corrected chi connectivity index (χ0v) is 15.3. The Labute approximate surface area is 144 Å². The van der Waals surface area contributed by atoms with Crippen molar-refractivity contribution >= 4 is 12.1 Å². The summed E-state index contributed by atoms with van der Waals surface area (Å²) in [4.78, 5) is 22.9. The van der Waals surface area contributed by atoms with Gasteiger partial charge < -0.3 is 18.9 Å². The molecule has 24 heavy (non-hydrogen) atoms. The molecule has 0 fully saturated rings. The highest BCUT2D eigenvalue weighted by Crippen LogP contribution is 2.18. The van der Waals surface area contributed by atoms with Gasteiger partial charge in [-0.2, -0.15) is 0 Å². The van der Waals surface area contributed by atoms with Gasteiger partial charge in [0, 0.05) is 12.8 Å². The van der Waals surface area contributed by atoms with Gasteiger partial charge in [0.05, 0.1) is 12.2 Å². The summed E-state index contributed by atoms with van der Waals surface area (Å²) in [5, 5.41) is 0. The van der Waals surface area contributed by atoms with Crippen LogP contribution in [-0.2, 0) is 23.7 Å². The molecule has 0 aliphatic carbocycles. The van der Waals surface area contributed by atoms with Crippen molar-refractivity contribution in [2.45, 2.75) is 58.2 Å². The van der Waals surface area contributed by atoms with Crippen molar-refractivity contribution in [3.63, 3.8) is 0 Å². The van der Waals surface area contributed by atoms with Crippen molar-refractivity contribution in [3.8, 4) is 0 Å². The van der Waals surface area contributed by atoms with Crippen molar-refractivity contribution in [2.75, 3.05) is 19.8 Å². The second-order valence-electron chi connectivity index (χ2n) is 6.56. The number of ether oxygens (including phenoxy) is 4. The average Bonchev–Trinajstić information content (AvgIpc) is 2.48. The molecule has 6 nitrogen and oxygen atoms in total. The summed E-state index contributed by atoms with van der Waals surface area (Å²) in [6.07, 6.45) is 3.78. The van der Waals surface area contributed by atoms with Gasteiger partial charge in [0.15, 0.2) is 0 Å². The standard InChI is InChI=1S/C18H30O6/c1-7-9-10-15(19)22-14-18(5,6)23-13-11-17(3,4)24-16(20)21-12-8-2/h7-8H,1-2,9-14H2,3-6H3. The molecule has 0 heterocycles. The van der Waals surface area contributed by atoms with Crippen LogP contribution in [0.4, 0.5) is 4.79 Å². The lowest BCUT2D eigenvalue weighted by Gasteiger charge is -2.28. The molecule has 0 aliphatic rings. The number of carbonyl (C=O) groups excluding carboxylic acids is 2. The maximum absolute atomic E-state index is 11.5. The van der Waals surface area contributed by atoms with Gasteiger partial charge in [-0.15, -0.1) is 6.58 Å². The minimum absolute atomic E-state index is 0.107. The molecule has 0 saturated heterocycles. The molecule has 0 aromatic rings. The van der Waals surface area contributed by atoms with E-state index in [2.05, 4.69) is 13.2 Å². The van der Waals surface area contributed by atoms with Crippen LogP contribution < -0.4 is 0 Å². The van der Waals surface area contributed by atoms with Crippen LogP contribution in [0.15, 0.2) is 25.3 Å². The predicted molar refractivity (Wildman–Crippen MR) is 91.7 cm³/mol. The van der Waals surface area contributed by atoms with Gasteiger partial charge in [0.25, 0.3) is 0 Å². The lowest BCUT2D eigenvalue weighted by Crippen LogP contribution is -2.35. The molecule has 0 aromatic carbocycles. The molecule has 0 atom stereocenters. The van der Waals surface area contributed by atoms with Crippen LogP contribution >= 0.6 is 0 Å². The van der Waals surface area contributed by atoms with Gasteiger partial charge in [-0.25, -0.2) is 4.79 Å². The number of carbonyl (C=O) groups is 2. The molecular weight excluding hydrogens is 312 g/mol. The van der Waals surface area contributed by atoms with Crippen LogP contribution in [0.5, 0.6) is 0 Å². The highest BCUT2D eigenvalue weighted by molar-refractivity contribution is 5.69. The third-order valence-corrected chi connectivity index (χ3v) is 3.01. The minimum Gasteiger partial charge on any atom is -0.463 e. The Balaban J connectivity index is 4.12. The highest BCUT2D eigenvalue weighted by atomic mass is 16.7. The molecule has 0 N–H and O–H groups in total. The maximum atomic E-state index is 11.5. The minimum atomic E-state index is -0.740. The summed E-state index contributed by atoms with van der Waals surface area (Å²) < 4.78 is 20.9. The van der Waals surface area contributed by atoms with Crippen LogP contribution in [0.1, 0.15) is 47.0 Å². The first-order valence-electron chi connectivity index (χ1n) is 7.99. The van der Waals surface area contributed by atoms with E-state index < -0.39 is 17.4 Å². The zero-order valence-electron chi connectivity index (χ0n) is 15.3. The summed E-state index contributed by atoms with van der Waals surface area (Å²) in [6, 6.07) is 0. The molecule has 0 spiro atoms. The Morgan fingerprint density at radius 3 is 2.25 bits per heavy atom. The SMILES string of the molecule is C=CCCC(=O)OCC(C)(C)OCCC(C)(C)OC(=O)OCC=C. The van der Waals surface area contributed by atoms with Crippen molar-refractivity contribution in [3.05, 3.63) is 25.3 Å². The molecule has 0 aromatic heterocycles. The fraction of sp³-hybridized carbons (Fsp3) is 0.667. The summed E-state index contributed by atoms with van der Waals surface area (Å²) >= 11 is 0. The quantitative estimate of drug-likeness (QED) is 0.397. The van der Waals surface area contributed by atoms with E-state index in [1.165, 1.54) is 6.08 Å². The largest absolute Gasteiger partial charge is 0.509 e. The third kappa shape index (κ3) is 11.7. The average molecular weight is 342 g/mol. The molecule has 0 bridgehead atoms. The Morgan fingerprint density at radius 2 is 1.67 bits per heavy atom. The summed E-state index contributed by atoms with van der Waals surface area (Å²) in [5.74, 6) is -0.278. The Kier molecular flexibility index (Phi) is 10.0. The fourth-order valence-corrected chi connectivity index (χ4v) is 1.59. The number of hydrogen-bond acceptors (Lipinski definition) is 6. The highest BCUT2D eigenvalue weighted by Gasteiger charge is 2.26. The molecular formula is C18H30O6. The van der Waals surface area contributed by atoms with Crippen molar-refractivity contribution in [1.29, 1.82) is 0 Å². The second kappa shape index (κ2) is 10.9. The second-order valence-corrected chi connectivity index (χ2v) is 6.56. The van der Waals surface area contributed by atoms with E-state index in [1.807, 2.05) is 13.8 Å². The van der Waals surface area contributed by atoms with E-state index in [4.69, 9.17) is 18.9 Å². The smallest absolute Gasteiger partial charge is 0.463 e. The van der Waals surface area contributed by atoms with Gasteiger partial charge in [-0.1, -0.05) is 18.7 Å².